The number of anilines is 1. The van der Waals surface area contributed by atoms with Crippen LogP contribution >= 0.6 is 0 Å². The van der Waals surface area contributed by atoms with E-state index in [1.54, 1.807) is 12.4 Å². The van der Waals surface area contributed by atoms with Gasteiger partial charge in [0.05, 0.1) is 29.1 Å². The van der Waals surface area contributed by atoms with E-state index >= 15 is 0 Å². The maximum absolute atomic E-state index is 13.2. The van der Waals surface area contributed by atoms with Crippen LogP contribution in [0.4, 0.5) is 5.69 Å². The lowest BCUT2D eigenvalue weighted by Crippen LogP contribution is -2.46. The fourth-order valence-electron chi connectivity index (χ4n) is 4.23. The average Bonchev–Trinajstić information content (AvgIpc) is 3.18. The number of hydrogen-bond donors (Lipinski definition) is 2. The van der Waals surface area contributed by atoms with Crippen molar-refractivity contribution in [1.29, 1.82) is 0 Å². The SMILES string of the molecule is CCn1ncc2c(NC3CCOCC3)c(C(=O)NC3CCN(S(C)(=O)=O)CC3)cnc21. The van der Waals surface area contributed by atoms with Crippen LogP contribution in [0, 0.1) is 0 Å². The molecule has 2 aromatic rings. The number of fused-ring (bicyclic) bond motifs is 1. The monoisotopic (exact) mass is 450 g/mol. The van der Waals surface area contributed by atoms with Gasteiger partial charge in [-0.3, -0.25) is 4.79 Å². The van der Waals surface area contributed by atoms with Crippen LogP contribution in [0.5, 0.6) is 0 Å². The molecule has 2 saturated heterocycles. The molecule has 0 atom stereocenters. The highest BCUT2D eigenvalue weighted by Crippen LogP contribution is 2.28. The molecule has 31 heavy (non-hydrogen) atoms. The third-order valence-corrected chi connectivity index (χ3v) is 7.34. The molecule has 2 aromatic heterocycles. The highest BCUT2D eigenvalue weighted by atomic mass is 32.2. The lowest BCUT2D eigenvalue weighted by molar-refractivity contribution is 0.0902. The van der Waals surface area contributed by atoms with E-state index in [2.05, 4.69) is 20.7 Å². The standard InChI is InChI=1S/C20H30N6O4S/c1-3-26-19-16(13-22-26)18(23-15-6-10-30-11-7-15)17(12-21-19)20(27)24-14-4-8-25(9-5-14)31(2,28)29/h12-15H,3-11H2,1-2H3,(H,21,23)(H,24,27). The summed E-state index contributed by atoms with van der Waals surface area (Å²) < 4.78 is 32.2. The Kier molecular flexibility index (Phi) is 6.44. The van der Waals surface area contributed by atoms with Gasteiger partial charge >= 0.3 is 0 Å². The number of nitrogens with one attached hydrogen (secondary N) is 2. The zero-order chi connectivity index (χ0) is 22.0. The lowest BCUT2D eigenvalue weighted by atomic mass is 10.0. The summed E-state index contributed by atoms with van der Waals surface area (Å²) >= 11 is 0. The first kappa shape index (κ1) is 22.0. The van der Waals surface area contributed by atoms with Gasteiger partial charge in [-0.05, 0) is 32.6 Å². The third kappa shape index (κ3) is 4.83. The van der Waals surface area contributed by atoms with E-state index in [1.807, 2.05) is 11.6 Å². The molecule has 0 radical (unpaired) electrons. The first-order valence-corrected chi connectivity index (χ1v) is 12.7. The number of aryl methyl sites for hydroxylation is 1. The smallest absolute Gasteiger partial charge is 0.255 e. The molecule has 1 amide bonds. The van der Waals surface area contributed by atoms with Crippen molar-refractivity contribution in [2.24, 2.45) is 0 Å². The molecule has 0 spiro atoms. The molecule has 170 valence electrons. The van der Waals surface area contributed by atoms with Gasteiger partial charge in [0, 0.05) is 51.1 Å². The molecular formula is C20H30N6O4S. The zero-order valence-corrected chi connectivity index (χ0v) is 18.8. The Morgan fingerprint density at radius 2 is 1.87 bits per heavy atom. The molecule has 2 aliphatic rings. The van der Waals surface area contributed by atoms with E-state index in [0.29, 0.717) is 51.3 Å². The maximum atomic E-state index is 13.2. The van der Waals surface area contributed by atoms with Crippen LogP contribution in [-0.2, 0) is 21.3 Å². The van der Waals surface area contributed by atoms with Crippen molar-refractivity contribution in [2.45, 2.75) is 51.2 Å². The summed E-state index contributed by atoms with van der Waals surface area (Å²) in [6, 6.07) is 0.143. The van der Waals surface area contributed by atoms with E-state index in [-0.39, 0.29) is 18.0 Å². The Balaban J connectivity index is 1.55. The van der Waals surface area contributed by atoms with Crippen molar-refractivity contribution in [3.05, 3.63) is 18.0 Å². The van der Waals surface area contributed by atoms with Crippen molar-refractivity contribution in [2.75, 3.05) is 37.9 Å². The van der Waals surface area contributed by atoms with E-state index < -0.39 is 10.0 Å². The van der Waals surface area contributed by atoms with Crippen molar-refractivity contribution < 1.29 is 17.9 Å². The molecule has 4 heterocycles. The molecule has 2 aliphatic heterocycles. The number of pyridine rings is 1. The number of aromatic nitrogens is 3. The molecule has 0 aliphatic carbocycles. The van der Waals surface area contributed by atoms with Gasteiger partial charge < -0.3 is 15.4 Å². The van der Waals surface area contributed by atoms with Crippen LogP contribution < -0.4 is 10.6 Å². The minimum atomic E-state index is -3.20. The number of carbonyl (C=O) groups is 1. The van der Waals surface area contributed by atoms with Crippen molar-refractivity contribution >= 4 is 32.7 Å². The van der Waals surface area contributed by atoms with Crippen molar-refractivity contribution in [3.63, 3.8) is 0 Å². The van der Waals surface area contributed by atoms with Gasteiger partial charge in [0.25, 0.3) is 5.91 Å². The molecule has 2 N–H and O–H groups in total. The Bertz CT molecular complexity index is 1040. The lowest BCUT2D eigenvalue weighted by Gasteiger charge is -2.31. The summed E-state index contributed by atoms with van der Waals surface area (Å²) in [5.41, 5.74) is 1.98. The second-order valence-corrected chi connectivity index (χ2v) is 10.2. The predicted octanol–water partition coefficient (Wildman–Crippen LogP) is 1.20. The minimum Gasteiger partial charge on any atom is -0.381 e. The number of carbonyl (C=O) groups excluding carboxylic acids is 1. The van der Waals surface area contributed by atoms with Crippen molar-refractivity contribution in [3.8, 4) is 0 Å². The average molecular weight is 451 g/mol. The second kappa shape index (κ2) is 9.09. The number of nitrogens with zero attached hydrogens (tertiary/aromatic N) is 4. The van der Waals surface area contributed by atoms with Crippen LogP contribution in [0.25, 0.3) is 11.0 Å². The molecule has 0 saturated carbocycles. The van der Waals surface area contributed by atoms with E-state index in [0.717, 1.165) is 29.6 Å². The number of hydrogen-bond acceptors (Lipinski definition) is 7. The fourth-order valence-corrected chi connectivity index (χ4v) is 5.10. The number of sulfonamides is 1. The van der Waals surface area contributed by atoms with E-state index in [4.69, 9.17) is 4.74 Å². The Hall–Kier alpha value is -2.24. The molecule has 11 heteroatoms. The summed E-state index contributed by atoms with van der Waals surface area (Å²) in [5, 5.41) is 11.9. The molecule has 2 fully saturated rings. The van der Waals surface area contributed by atoms with Gasteiger partial charge in [-0.25, -0.2) is 22.4 Å². The first-order chi connectivity index (χ1) is 14.9. The van der Waals surface area contributed by atoms with Gasteiger partial charge in [-0.2, -0.15) is 5.10 Å². The van der Waals surface area contributed by atoms with Crippen LogP contribution in [-0.4, -0.2) is 78.0 Å². The zero-order valence-electron chi connectivity index (χ0n) is 18.0. The number of rotatable bonds is 6. The quantitative estimate of drug-likeness (QED) is 0.679. The molecular weight excluding hydrogens is 420 g/mol. The topological polar surface area (TPSA) is 118 Å². The predicted molar refractivity (Wildman–Crippen MR) is 118 cm³/mol. The molecule has 4 rings (SSSR count). The number of ether oxygens (including phenoxy) is 1. The summed E-state index contributed by atoms with van der Waals surface area (Å²) in [7, 11) is -3.20. The van der Waals surface area contributed by atoms with Crippen LogP contribution in [0.3, 0.4) is 0 Å². The first-order valence-electron chi connectivity index (χ1n) is 10.8. The highest BCUT2D eigenvalue weighted by Gasteiger charge is 2.28. The number of piperidine rings is 1. The molecule has 0 aromatic carbocycles. The van der Waals surface area contributed by atoms with Crippen LogP contribution in [0.15, 0.2) is 12.4 Å². The summed E-state index contributed by atoms with van der Waals surface area (Å²) in [6.07, 6.45) is 7.51. The Morgan fingerprint density at radius 3 is 2.52 bits per heavy atom. The van der Waals surface area contributed by atoms with E-state index in [9.17, 15) is 13.2 Å². The van der Waals surface area contributed by atoms with Gasteiger partial charge in [0.2, 0.25) is 10.0 Å². The minimum absolute atomic E-state index is 0.0736. The summed E-state index contributed by atoms with van der Waals surface area (Å²) in [4.78, 5) is 17.7. The highest BCUT2D eigenvalue weighted by molar-refractivity contribution is 7.88. The maximum Gasteiger partial charge on any atom is 0.255 e. The summed E-state index contributed by atoms with van der Waals surface area (Å²) in [6.45, 7) is 4.91. The summed E-state index contributed by atoms with van der Waals surface area (Å²) in [5.74, 6) is -0.203. The number of amides is 1. The Labute approximate surface area is 182 Å². The van der Waals surface area contributed by atoms with Crippen molar-refractivity contribution in [1.82, 2.24) is 24.4 Å². The normalized spacial score (nSPS) is 19.5. The third-order valence-electron chi connectivity index (χ3n) is 6.04. The van der Waals surface area contributed by atoms with Gasteiger partial charge in [-0.1, -0.05) is 0 Å². The van der Waals surface area contributed by atoms with Gasteiger partial charge in [0.15, 0.2) is 5.65 Å². The largest absolute Gasteiger partial charge is 0.381 e. The Morgan fingerprint density at radius 1 is 1.16 bits per heavy atom. The van der Waals surface area contributed by atoms with Gasteiger partial charge in [0.1, 0.15) is 0 Å². The molecule has 10 nitrogen and oxygen atoms in total. The molecule has 0 unspecified atom stereocenters. The van der Waals surface area contributed by atoms with Crippen LogP contribution in [0.1, 0.15) is 43.0 Å². The van der Waals surface area contributed by atoms with E-state index in [1.165, 1.54) is 10.6 Å². The molecule has 0 bridgehead atoms. The second-order valence-electron chi connectivity index (χ2n) is 8.19. The van der Waals surface area contributed by atoms with Crippen LogP contribution in [0.2, 0.25) is 0 Å². The fraction of sp³-hybridized carbons (Fsp3) is 0.650. The van der Waals surface area contributed by atoms with Gasteiger partial charge in [-0.15, -0.1) is 0 Å².